The number of unbranched alkanes of at least 4 members (excludes halogenated alkanes) is 28. The topological polar surface area (TPSA) is 135 Å². The fourth-order valence-electron chi connectivity index (χ4n) is 8.54. The van der Waals surface area contributed by atoms with Gasteiger partial charge in [0.1, 0.15) is 30.5 Å². The van der Waals surface area contributed by atoms with Crippen molar-refractivity contribution in [3.05, 3.63) is 60.8 Å². The van der Waals surface area contributed by atoms with Crippen molar-refractivity contribution in [2.24, 2.45) is 0 Å². The molecule has 0 aromatic rings. The van der Waals surface area contributed by atoms with Gasteiger partial charge in [-0.25, -0.2) is 0 Å². The molecule has 1 saturated heterocycles. The van der Waals surface area contributed by atoms with Crippen LogP contribution in [0.5, 0.6) is 0 Å². The van der Waals surface area contributed by atoms with E-state index in [2.05, 4.69) is 74.6 Å². The van der Waals surface area contributed by atoms with E-state index in [1.165, 1.54) is 167 Å². The van der Waals surface area contributed by atoms with E-state index in [1.807, 2.05) is 0 Å². The third kappa shape index (κ3) is 39.6. The second kappa shape index (κ2) is 49.9. The lowest BCUT2D eigenvalue weighted by Crippen LogP contribution is -2.59. The third-order valence-electron chi connectivity index (χ3n) is 12.9. The minimum absolute atomic E-state index is 0.114. The van der Waals surface area contributed by atoms with Crippen LogP contribution in [0.2, 0.25) is 0 Å². The molecule has 68 heavy (non-hydrogen) atoms. The molecular formula is C59H106O9. The molecule has 1 fully saturated rings. The van der Waals surface area contributed by atoms with Crippen molar-refractivity contribution in [3.63, 3.8) is 0 Å². The van der Waals surface area contributed by atoms with Crippen LogP contribution in [0.25, 0.3) is 0 Å². The van der Waals surface area contributed by atoms with Gasteiger partial charge in [0.15, 0.2) is 6.29 Å². The molecule has 0 spiro atoms. The van der Waals surface area contributed by atoms with Crippen LogP contribution >= 0.6 is 0 Å². The molecule has 1 aliphatic heterocycles. The van der Waals surface area contributed by atoms with Gasteiger partial charge in [-0.15, -0.1) is 0 Å². The molecule has 0 aromatic carbocycles. The Morgan fingerprint density at radius 1 is 0.485 bits per heavy atom. The highest BCUT2D eigenvalue weighted by Crippen LogP contribution is 2.23. The molecule has 1 heterocycles. The van der Waals surface area contributed by atoms with Crippen molar-refractivity contribution in [1.29, 1.82) is 0 Å². The Morgan fingerprint density at radius 3 is 1.37 bits per heavy atom. The van der Waals surface area contributed by atoms with Crippen LogP contribution < -0.4 is 0 Å². The molecule has 0 saturated carbocycles. The second-order valence-corrected chi connectivity index (χ2v) is 19.4. The zero-order valence-corrected chi connectivity index (χ0v) is 43.9. The number of aliphatic hydroxyl groups excluding tert-OH is 4. The van der Waals surface area contributed by atoms with Gasteiger partial charge in [0, 0.05) is 13.0 Å². The molecule has 1 aliphatic rings. The number of esters is 1. The largest absolute Gasteiger partial charge is 0.457 e. The van der Waals surface area contributed by atoms with Crippen LogP contribution in [-0.4, -0.2) is 89.6 Å². The molecule has 0 bridgehead atoms. The van der Waals surface area contributed by atoms with Crippen molar-refractivity contribution < 1.29 is 44.2 Å². The molecule has 0 aromatic heterocycles. The van der Waals surface area contributed by atoms with Crippen LogP contribution in [0.4, 0.5) is 0 Å². The number of hydrogen-bond acceptors (Lipinski definition) is 9. The van der Waals surface area contributed by atoms with Gasteiger partial charge in [-0.3, -0.25) is 4.79 Å². The fourth-order valence-corrected chi connectivity index (χ4v) is 8.54. The predicted molar refractivity (Wildman–Crippen MR) is 284 cm³/mol. The zero-order chi connectivity index (χ0) is 49.2. The summed E-state index contributed by atoms with van der Waals surface area (Å²) in [4.78, 5) is 12.9. The van der Waals surface area contributed by atoms with Crippen LogP contribution in [0, 0.1) is 0 Å². The quantitative estimate of drug-likeness (QED) is 0.0267. The summed E-state index contributed by atoms with van der Waals surface area (Å²) in [5, 5.41) is 40.3. The smallest absolute Gasteiger partial charge is 0.306 e. The van der Waals surface area contributed by atoms with Crippen LogP contribution in [-0.2, 0) is 23.7 Å². The highest BCUT2D eigenvalue weighted by molar-refractivity contribution is 5.69. The van der Waals surface area contributed by atoms with Crippen molar-refractivity contribution in [3.8, 4) is 0 Å². The first-order valence-electron chi connectivity index (χ1n) is 28.4. The van der Waals surface area contributed by atoms with Crippen molar-refractivity contribution in [2.45, 2.75) is 282 Å². The lowest BCUT2D eigenvalue weighted by Gasteiger charge is -2.39. The Morgan fingerprint density at radius 2 is 0.897 bits per heavy atom. The van der Waals surface area contributed by atoms with E-state index in [9.17, 15) is 25.2 Å². The van der Waals surface area contributed by atoms with Crippen molar-refractivity contribution in [2.75, 3.05) is 26.4 Å². The fraction of sp³-hybridized carbons (Fsp3) is 0.814. The summed E-state index contributed by atoms with van der Waals surface area (Å²) in [5.74, 6) is -0.314. The number of hydrogen-bond donors (Lipinski definition) is 4. The molecule has 9 heteroatoms. The Kier molecular flexibility index (Phi) is 46.9. The van der Waals surface area contributed by atoms with E-state index in [0.29, 0.717) is 13.0 Å². The van der Waals surface area contributed by atoms with Crippen LogP contribution in [0.3, 0.4) is 0 Å². The minimum atomic E-state index is -1.54. The van der Waals surface area contributed by atoms with E-state index < -0.39 is 43.4 Å². The Hall–Kier alpha value is -2.11. The Bertz CT molecular complexity index is 1230. The van der Waals surface area contributed by atoms with Gasteiger partial charge in [-0.05, 0) is 77.0 Å². The summed E-state index contributed by atoms with van der Waals surface area (Å²) in [7, 11) is 0. The first kappa shape index (κ1) is 63.9. The van der Waals surface area contributed by atoms with Crippen LogP contribution in [0.15, 0.2) is 60.8 Å². The lowest BCUT2D eigenvalue weighted by atomic mass is 9.99. The van der Waals surface area contributed by atoms with E-state index in [1.54, 1.807) is 0 Å². The number of ether oxygens (including phenoxy) is 4. The number of allylic oxidation sites excluding steroid dienone is 10. The van der Waals surface area contributed by atoms with E-state index in [-0.39, 0.29) is 19.2 Å². The minimum Gasteiger partial charge on any atom is -0.457 e. The predicted octanol–water partition coefficient (Wildman–Crippen LogP) is 14.6. The third-order valence-corrected chi connectivity index (χ3v) is 12.9. The molecule has 396 valence electrons. The second-order valence-electron chi connectivity index (χ2n) is 19.4. The maximum atomic E-state index is 12.9. The highest BCUT2D eigenvalue weighted by atomic mass is 16.7. The monoisotopic (exact) mass is 959 g/mol. The van der Waals surface area contributed by atoms with Crippen molar-refractivity contribution >= 4 is 5.97 Å². The number of carbonyl (C=O) groups is 1. The molecule has 6 unspecified atom stereocenters. The van der Waals surface area contributed by atoms with E-state index >= 15 is 0 Å². The summed E-state index contributed by atoms with van der Waals surface area (Å²) < 4.78 is 23.0. The van der Waals surface area contributed by atoms with Gasteiger partial charge >= 0.3 is 5.97 Å². The first-order valence-corrected chi connectivity index (χ1v) is 28.4. The molecular weight excluding hydrogens is 853 g/mol. The summed E-state index contributed by atoms with van der Waals surface area (Å²) >= 11 is 0. The summed E-state index contributed by atoms with van der Waals surface area (Å²) in [5.41, 5.74) is 0. The van der Waals surface area contributed by atoms with Gasteiger partial charge < -0.3 is 39.4 Å². The summed E-state index contributed by atoms with van der Waals surface area (Å²) in [6.45, 7) is 4.47. The maximum absolute atomic E-state index is 12.9. The zero-order valence-electron chi connectivity index (χ0n) is 43.9. The van der Waals surface area contributed by atoms with Gasteiger partial charge in [-0.2, -0.15) is 0 Å². The molecule has 0 amide bonds. The highest BCUT2D eigenvalue weighted by Gasteiger charge is 2.44. The van der Waals surface area contributed by atoms with Crippen LogP contribution in [0.1, 0.15) is 245 Å². The Labute approximate surface area is 417 Å². The van der Waals surface area contributed by atoms with E-state index in [4.69, 9.17) is 18.9 Å². The van der Waals surface area contributed by atoms with Gasteiger partial charge in [0.2, 0.25) is 0 Å². The standard InChI is InChI=1S/C59H106O9/c1-3-5-7-9-11-13-15-17-19-21-23-24-25-26-27-28-29-31-33-35-37-39-41-43-45-47-49-65-51-53(52-66-59-58(64)57(63)56(62)54(50-60)68-59)67-55(61)48-46-44-42-40-38-36-34-32-30-22-20-18-16-14-12-10-8-6-4-2/h5,7,11,13,17-20,23-24,53-54,56-60,62-64H,3-4,6,8-10,12,14-16,21-22,25-52H2,1-2H3/b7-5-,13-11-,19-17-,20-18-,24-23-. The number of aliphatic hydroxyl groups is 4. The molecule has 6 atom stereocenters. The van der Waals surface area contributed by atoms with Crippen molar-refractivity contribution in [1.82, 2.24) is 0 Å². The Balaban J connectivity index is 2.15. The summed E-state index contributed by atoms with van der Waals surface area (Å²) in [6, 6.07) is 0. The molecule has 0 radical (unpaired) electrons. The first-order chi connectivity index (χ1) is 33.4. The molecule has 9 nitrogen and oxygen atoms in total. The summed E-state index contributed by atoms with van der Waals surface area (Å²) in [6.07, 6.45) is 58.3. The molecule has 0 aliphatic carbocycles. The van der Waals surface area contributed by atoms with Gasteiger partial charge in [0.05, 0.1) is 19.8 Å². The van der Waals surface area contributed by atoms with Gasteiger partial charge in [-0.1, -0.05) is 222 Å². The SMILES string of the molecule is CC/C=C\C/C=C\C/C=C\C/C=C\CCCCCCCCCCCCCCCOCC(COC1OC(CO)C(O)C(O)C1O)OC(=O)CCCCCCCCCCC/C=C\CCCCCCCC. The average molecular weight is 959 g/mol. The van der Waals surface area contributed by atoms with E-state index in [0.717, 1.165) is 57.8 Å². The molecule has 4 N–H and O–H groups in total. The van der Waals surface area contributed by atoms with Gasteiger partial charge in [0.25, 0.3) is 0 Å². The normalized spacial score (nSPS) is 19.5. The average Bonchev–Trinajstić information content (AvgIpc) is 3.34. The number of carbonyl (C=O) groups excluding carboxylic acids is 1. The molecule has 1 rings (SSSR count). The number of rotatable bonds is 49. The maximum Gasteiger partial charge on any atom is 0.306 e. The lowest BCUT2D eigenvalue weighted by molar-refractivity contribution is -0.305.